The second kappa shape index (κ2) is 8.01. The Bertz CT molecular complexity index is 938. The summed E-state index contributed by atoms with van der Waals surface area (Å²) in [6, 6.07) is 10.4. The van der Waals surface area contributed by atoms with Gasteiger partial charge in [0, 0.05) is 22.7 Å². The fourth-order valence-corrected chi connectivity index (χ4v) is 3.33. The molecule has 0 radical (unpaired) electrons. The number of nitrogens with zero attached hydrogens (tertiary/aromatic N) is 2. The number of carbonyl (C=O) groups is 1. The SMILES string of the molecule is CCOc1cc2nc(SC)n(C(=O)c3ccc(Cl)cc3)c2cc1OCC. The number of imidazole rings is 1. The molecule has 2 aromatic carbocycles. The minimum absolute atomic E-state index is 0.167. The molecule has 136 valence electrons. The lowest BCUT2D eigenvalue weighted by atomic mass is 10.2. The highest BCUT2D eigenvalue weighted by Gasteiger charge is 2.20. The summed E-state index contributed by atoms with van der Waals surface area (Å²) in [5.74, 6) is 1.05. The molecule has 7 heteroatoms. The van der Waals surface area contributed by atoms with Crippen LogP contribution >= 0.6 is 23.4 Å². The number of benzene rings is 2. The van der Waals surface area contributed by atoms with Gasteiger partial charge in [-0.25, -0.2) is 4.98 Å². The van der Waals surface area contributed by atoms with Gasteiger partial charge in [0.2, 0.25) is 0 Å². The minimum Gasteiger partial charge on any atom is -0.490 e. The van der Waals surface area contributed by atoms with Crippen molar-refractivity contribution < 1.29 is 14.3 Å². The first kappa shape index (κ1) is 18.6. The maximum absolute atomic E-state index is 13.1. The van der Waals surface area contributed by atoms with Gasteiger partial charge in [-0.1, -0.05) is 23.4 Å². The van der Waals surface area contributed by atoms with E-state index in [1.807, 2.05) is 32.2 Å². The molecular formula is C19H19ClN2O3S. The molecule has 0 aliphatic carbocycles. The molecule has 0 aliphatic heterocycles. The van der Waals surface area contributed by atoms with Gasteiger partial charge in [0.1, 0.15) is 0 Å². The number of hydrogen-bond donors (Lipinski definition) is 0. The summed E-state index contributed by atoms with van der Waals surface area (Å²) in [5.41, 5.74) is 1.90. The van der Waals surface area contributed by atoms with E-state index in [1.54, 1.807) is 28.8 Å². The lowest BCUT2D eigenvalue weighted by Crippen LogP contribution is -2.13. The van der Waals surface area contributed by atoms with Crippen LogP contribution in [0.5, 0.6) is 11.5 Å². The minimum atomic E-state index is -0.167. The molecule has 0 amide bonds. The molecule has 3 aromatic rings. The van der Waals surface area contributed by atoms with Gasteiger partial charge in [-0.15, -0.1) is 0 Å². The van der Waals surface area contributed by atoms with Crippen LogP contribution in [-0.4, -0.2) is 34.9 Å². The standard InChI is InChI=1S/C19H19ClN2O3S/c1-4-24-16-10-14-15(11-17(16)25-5-2)22(19(21-14)26-3)18(23)12-6-8-13(20)9-7-12/h6-11H,4-5H2,1-3H3. The molecule has 0 spiro atoms. The van der Waals surface area contributed by atoms with E-state index in [4.69, 9.17) is 21.1 Å². The van der Waals surface area contributed by atoms with Gasteiger partial charge in [-0.2, -0.15) is 0 Å². The predicted molar refractivity (Wildman–Crippen MR) is 105 cm³/mol. The van der Waals surface area contributed by atoms with Gasteiger partial charge < -0.3 is 9.47 Å². The van der Waals surface area contributed by atoms with Crippen molar-refractivity contribution in [2.45, 2.75) is 19.0 Å². The predicted octanol–water partition coefficient (Wildman–Crippen LogP) is 4.90. The summed E-state index contributed by atoms with van der Waals surface area (Å²) in [6.45, 7) is 4.84. The zero-order valence-electron chi connectivity index (χ0n) is 14.8. The lowest BCUT2D eigenvalue weighted by molar-refractivity contribution is 0.0955. The third kappa shape index (κ3) is 3.52. The topological polar surface area (TPSA) is 53.4 Å². The molecule has 0 saturated carbocycles. The third-order valence-electron chi connectivity index (χ3n) is 3.77. The summed E-state index contributed by atoms with van der Waals surface area (Å²) in [6.07, 6.45) is 1.89. The van der Waals surface area contributed by atoms with Gasteiger partial charge in [-0.3, -0.25) is 9.36 Å². The van der Waals surface area contributed by atoms with E-state index in [-0.39, 0.29) is 5.91 Å². The number of halogens is 1. The number of ether oxygens (including phenoxy) is 2. The first-order chi connectivity index (χ1) is 12.6. The van der Waals surface area contributed by atoms with Crippen LogP contribution < -0.4 is 9.47 Å². The second-order valence-electron chi connectivity index (χ2n) is 5.40. The average Bonchev–Trinajstić information content (AvgIpc) is 3.00. The molecule has 0 fully saturated rings. The zero-order valence-corrected chi connectivity index (χ0v) is 16.4. The molecule has 3 rings (SSSR count). The van der Waals surface area contributed by atoms with E-state index in [9.17, 15) is 4.79 Å². The van der Waals surface area contributed by atoms with Crippen LogP contribution in [-0.2, 0) is 0 Å². The van der Waals surface area contributed by atoms with E-state index in [0.717, 1.165) is 0 Å². The fraction of sp³-hybridized carbons (Fsp3) is 0.263. The largest absolute Gasteiger partial charge is 0.490 e. The van der Waals surface area contributed by atoms with Crippen molar-refractivity contribution in [2.75, 3.05) is 19.5 Å². The number of fused-ring (bicyclic) bond motifs is 1. The number of rotatable bonds is 6. The highest BCUT2D eigenvalue weighted by molar-refractivity contribution is 7.98. The van der Waals surface area contributed by atoms with E-state index >= 15 is 0 Å². The number of hydrogen-bond acceptors (Lipinski definition) is 5. The van der Waals surface area contributed by atoms with Gasteiger partial charge in [-0.05, 0) is 44.4 Å². The first-order valence-corrected chi connectivity index (χ1v) is 9.85. The van der Waals surface area contributed by atoms with Crippen molar-refractivity contribution in [3.63, 3.8) is 0 Å². The Balaban J connectivity index is 2.18. The summed E-state index contributed by atoms with van der Waals surface area (Å²) in [4.78, 5) is 17.7. The lowest BCUT2D eigenvalue weighted by Gasteiger charge is -2.12. The van der Waals surface area contributed by atoms with Gasteiger partial charge in [0.15, 0.2) is 16.7 Å². The summed E-state index contributed by atoms with van der Waals surface area (Å²) in [7, 11) is 0. The zero-order chi connectivity index (χ0) is 18.7. The summed E-state index contributed by atoms with van der Waals surface area (Å²) >= 11 is 7.34. The van der Waals surface area contributed by atoms with Gasteiger partial charge in [0.05, 0.1) is 24.2 Å². The number of carbonyl (C=O) groups excluding carboxylic acids is 1. The highest BCUT2D eigenvalue weighted by atomic mass is 35.5. The first-order valence-electron chi connectivity index (χ1n) is 8.25. The van der Waals surface area contributed by atoms with Crippen molar-refractivity contribution in [2.24, 2.45) is 0 Å². The molecule has 0 atom stereocenters. The van der Waals surface area contributed by atoms with Crippen molar-refractivity contribution in [3.8, 4) is 11.5 Å². The maximum Gasteiger partial charge on any atom is 0.264 e. The fourth-order valence-electron chi connectivity index (χ4n) is 2.65. The van der Waals surface area contributed by atoms with Crippen LogP contribution in [0.1, 0.15) is 24.2 Å². The molecule has 0 N–H and O–H groups in total. The Hall–Kier alpha value is -2.18. The Morgan fingerprint density at radius 3 is 2.31 bits per heavy atom. The normalized spacial score (nSPS) is 10.9. The van der Waals surface area contributed by atoms with Crippen LogP contribution in [0, 0.1) is 0 Å². The molecule has 0 unspecified atom stereocenters. The molecule has 1 heterocycles. The number of aromatic nitrogens is 2. The summed E-state index contributed by atoms with van der Waals surface area (Å²) in [5, 5.41) is 1.19. The second-order valence-corrected chi connectivity index (χ2v) is 6.61. The Labute approximate surface area is 161 Å². The Kier molecular flexibility index (Phi) is 5.74. The van der Waals surface area contributed by atoms with Crippen LogP contribution in [0.2, 0.25) is 5.02 Å². The van der Waals surface area contributed by atoms with E-state index in [1.165, 1.54) is 11.8 Å². The van der Waals surface area contributed by atoms with Crippen molar-refractivity contribution >= 4 is 40.3 Å². The van der Waals surface area contributed by atoms with Crippen LogP contribution in [0.3, 0.4) is 0 Å². The van der Waals surface area contributed by atoms with E-state index in [0.29, 0.717) is 51.5 Å². The molecule has 5 nitrogen and oxygen atoms in total. The summed E-state index contributed by atoms with van der Waals surface area (Å²) < 4.78 is 13.0. The molecule has 0 bridgehead atoms. The van der Waals surface area contributed by atoms with Gasteiger partial charge >= 0.3 is 0 Å². The van der Waals surface area contributed by atoms with E-state index < -0.39 is 0 Å². The van der Waals surface area contributed by atoms with E-state index in [2.05, 4.69) is 4.98 Å². The third-order valence-corrected chi connectivity index (χ3v) is 4.66. The van der Waals surface area contributed by atoms with Crippen LogP contribution in [0.4, 0.5) is 0 Å². The van der Waals surface area contributed by atoms with Crippen molar-refractivity contribution in [1.82, 2.24) is 9.55 Å². The average molecular weight is 391 g/mol. The maximum atomic E-state index is 13.1. The molecule has 1 aromatic heterocycles. The van der Waals surface area contributed by atoms with Crippen molar-refractivity contribution in [3.05, 3.63) is 47.0 Å². The molecule has 0 saturated heterocycles. The quantitative estimate of drug-likeness (QED) is 0.560. The Morgan fingerprint density at radius 1 is 1.12 bits per heavy atom. The van der Waals surface area contributed by atoms with Crippen LogP contribution in [0.15, 0.2) is 41.6 Å². The van der Waals surface area contributed by atoms with Gasteiger partial charge in [0.25, 0.3) is 5.91 Å². The Morgan fingerprint density at radius 2 is 1.73 bits per heavy atom. The number of thioether (sulfide) groups is 1. The molecular weight excluding hydrogens is 372 g/mol. The molecule has 0 aliphatic rings. The smallest absolute Gasteiger partial charge is 0.264 e. The monoisotopic (exact) mass is 390 g/mol. The molecule has 26 heavy (non-hydrogen) atoms. The van der Waals surface area contributed by atoms with Crippen LogP contribution in [0.25, 0.3) is 11.0 Å². The highest BCUT2D eigenvalue weighted by Crippen LogP contribution is 2.35. The van der Waals surface area contributed by atoms with Crippen molar-refractivity contribution in [1.29, 1.82) is 0 Å².